The van der Waals surface area contributed by atoms with Crippen LogP contribution in [0.25, 0.3) is 0 Å². The predicted octanol–water partition coefficient (Wildman–Crippen LogP) is 1.42. The summed E-state index contributed by atoms with van der Waals surface area (Å²) in [4.78, 5) is 6.75. The van der Waals surface area contributed by atoms with E-state index < -0.39 is 9.84 Å². The van der Waals surface area contributed by atoms with Gasteiger partial charge in [-0.3, -0.25) is 4.99 Å². The molecule has 2 N–H and O–H groups in total. The zero-order valence-corrected chi connectivity index (χ0v) is 18.2. The average molecular weight is 399 g/mol. The van der Waals surface area contributed by atoms with Crippen LogP contribution < -0.4 is 10.6 Å². The molecule has 0 saturated heterocycles. The summed E-state index contributed by atoms with van der Waals surface area (Å²) in [6.07, 6.45) is 2.29. The lowest BCUT2D eigenvalue weighted by molar-refractivity contribution is 0.0548. The van der Waals surface area contributed by atoms with Crippen LogP contribution in [0.1, 0.15) is 24.5 Å². The first-order valence-corrected chi connectivity index (χ1v) is 11.1. The van der Waals surface area contributed by atoms with E-state index in [1.807, 2.05) is 40.1 Å². The number of nitrogens with one attached hydrogen (secondary N) is 2. The molecule has 1 unspecified atom stereocenters. The summed E-state index contributed by atoms with van der Waals surface area (Å²) in [5.41, 5.74) is 1.75. The Morgan fingerprint density at radius 1 is 1.30 bits per heavy atom. The van der Waals surface area contributed by atoms with E-state index >= 15 is 0 Å². The van der Waals surface area contributed by atoms with Gasteiger partial charge in [-0.25, -0.2) is 8.42 Å². The van der Waals surface area contributed by atoms with Gasteiger partial charge < -0.3 is 20.3 Å². The summed E-state index contributed by atoms with van der Waals surface area (Å²) in [6.45, 7) is 6.68. The molecule has 0 aliphatic rings. The summed E-state index contributed by atoms with van der Waals surface area (Å²) in [6, 6.07) is 5.37. The fourth-order valence-electron chi connectivity index (χ4n) is 2.74. The van der Waals surface area contributed by atoms with Crippen LogP contribution in [0.15, 0.2) is 28.1 Å². The minimum atomic E-state index is -3.20. The van der Waals surface area contributed by atoms with E-state index in [-0.39, 0.29) is 6.10 Å². The molecular formula is C19H34N4O3S. The van der Waals surface area contributed by atoms with Crippen molar-refractivity contribution in [1.29, 1.82) is 0 Å². The van der Waals surface area contributed by atoms with Gasteiger partial charge in [-0.15, -0.1) is 0 Å². The monoisotopic (exact) mass is 398 g/mol. The average Bonchev–Trinajstić information content (AvgIpc) is 2.58. The Morgan fingerprint density at radius 2 is 2.00 bits per heavy atom. The fourth-order valence-corrected chi connectivity index (χ4v) is 3.70. The summed E-state index contributed by atoms with van der Waals surface area (Å²) in [5, 5.41) is 6.55. The van der Waals surface area contributed by atoms with E-state index in [9.17, 15) is 8.42 Å². The standard InChI is InChI=1S/C19H34N4O3S/c1-7-26-17(10-11-23(4)5)14-22-19(20-3)21-13-16-8-9-18(15(2)12-16)27(6,24)25/h8-9,12,17H,7,10-11,13-14H2,1-6H3,(H2,20,21,22). The van der Waals surface area contributed by atoms with Gasteiger partial charge in [0.25, 0.3) is 0 Å². The highest BCUT2D eigenvalue weighted by molar-refractivity contribution is 7.90. The Morgan fingerprint density at radius 3 is 2.52 bits per heavy atom. The van der Waals surface area contributed by atoms with E-state index in [0.717, 1.165) is 24.1 Å². The first-order chi connectivity index (χ1) is 12.7. The van der Waals surface area contributed by atoms with Crippen LogP contribution in [0.4, 0.5) is 0 Å². The maximum Gasteiger partial charge on any atom is 0.191 e. The molecule has 1 atom stereocenters. The molecule has 0 saturated carbocycles. The molecule has 1 aromatic rings. The van der Waals surface area contributed by atoms with Gasteiger partial charge in [-0.05, 0) is 51.6 Å². The minimum Gasteiger partial charge on any atom is -0.377 e. The molecule has 7 nitrogen and oxygen atoms in total. The van der Waals surface area contributed by atoms with Gasteiger partial charge in [0.05, 0.1) is 11.0 Å². The van der Waals surface area contributed by atoms with E-state index in [4.69, 9.17) is 4.74 Å². The lowest BCUT2D eigenvalue weighted by atomic mass is 10.1. The zero-order valence-electron chi connectivity index (χ0n) is 17.4. The van der Waals surface area contributed by atoms with Crippen LogP contribution in [0, 0.1) is 6.92 Å². The van der Waals surface area contributed by atoms with Crippen molar-refractivity contribution >= 4 is 15.8 Å². The van der Waals surface area contributed by atoms with E-state index in [1.54, 1.807) is 13.1 Å². The molecule has 0 spiro atoms. The summed E-state index contributed by atoms with van der Waals surface area (Å²) < 4.78 is 29.2. The Labute approximate surface area is 164 Å². The second kappa shape index (κ2) is 11.3. The minimum absolute atomic E-state index is 0.118. The van der Waals surface area contributed by atoms with Crippen molar-refractivity contribution in [3.8, 4) is 0 Å². The van der Waals surface area contributed by atoms with Gasteiger partial charge in [-0.1, -0.05) is 12.1 Å². The Balaban J connectivity index is 2.60. The van der Waals surface area contributed by atoms with Crippen molar-refractivity contribution in [3.63, 3.8) is 0 Å². The molecule has 8 heteroatoms. The highest BCUT2D eigenvalue weighted by Gasteiger charge is 2.12. The highest BCUT2D eigenvalue weighted by atomic mass is 32.2. The van der Waals surface area contributed by atoms with Crippen molar-refractivity contribution in [2.24, 2.45) is 4.99 Å². The molecule has 0 fully saturated rings. The number of hydrogen-bond donors (Lipinski definition) is 2. The maximum absolute atomic E-state index is 11.7. The van der Waals surface area contributed by atoms with Crippen LogP contribution in [0.3, 0.4) is 0 Å². The largest absolute Gasteiger partial charge is 0.377 e. The van der Waals surface area contributed by atoms with E-state index in [1.165, 1.54) is 6.26 Å². The molecule has 0 aromatic heterocycles. The van der Waals surface area contributed by atoms with Gasteiger partial charge >= 0.3 is 0 Å². The SMILES string of the molecule is CCOC(CCN(C)C)CNC(=NC)NCc1ccc(S(C)(=O)=O)c(C)c1. The highest BCUT2D eigenvalue weighted by Crippen LogP contribution is 2.16. The molecule has 1 rings (SSSR count). The van der Waals surface area contributed by atoms with Crippen molar-refractivity contribution < 1.29 is 13.2 Å². The summed E-state index contributed by atoms with van der Waals surface area (Å²) >= 11 is 0. The van der Waals surface area contributed by atoms with Crippen LogP contribution >= 0.6 is 0 Å². The molecule has 0 aliphatic carbocycles. The van der Waals surface area contributed by atoms with Crippen LogP contribution in [-0.2, 0) is 21.1 Å². The third-order valence-electron chi connectivity index (χ3n) is 4.12. The Kier molecular flexibility index (Phi) is 9.76. The summed E-state index contributed by atoms with van der Waals surface area (Å²) in [5.74, 6) is 0.689. The molecule has 0 amide bonds. The number of sulfone groups is 1. The quantitative estimate of drug-likeness (QED) is 0.458. The number of nitrogens with zero attached hydrogens (tertiary/aromatic N) is 2. The molecule has 27 heavy (non-hydrogen) atoms. The summed E-state index contributed by atoms with van der Waals surface area (Å²) in [7, 11) is 2.63. The van der Waals surface area contributed by atoms with Crippen molar-refractivity contribution in [2.75, 3.05) is 47.1 Å². The van der Waals surface area contributed by atoms with Gasteiger partial charge in [0.1, 0.15) is 0 Å². The molecule has 0 heterocycles. The smallest absolute Gasteiger partial charge is 0.191 e. The number of hydrogen-bond acceptors (Lipinski definition) is 5. The van der Waals surface area contributed by atoms with Crippen molar-refractivity contribution in [2.45, 2.75) is 37.8 Å². The predicted molar refractivity (Wildman–Crippen MR) is 111 cm³/mol. The number of rotatable bonds is 10. The van der Waals surface area contributed by atoms with Gasteiger partial charge in [0.15, 0.2) is 15.8 Å². The lowest BCUT2D eigenvalue weighted by Crippen LogP contribution is -2.42. The van der Waals surface area contributed by atoms with Crippen molar-refractivity contribution in [3.05, 3.63) is 29.3 Å². The number of aryl methyl sites for hydroxylation is 1. The fraction of sp³-hybridized carbons (Fsp3) is 0.632. The zero-order chi connectivity index (χ0) is 20.4. The molecule has 0 radical (unpaired) electrons. The van der Waals surface area contributed by atoms with Gasteiger partial charge in [0.2, 0.25) is 0 Å². The lowest BCUT2D eigenvalue weighted by Gasteiger charge is -2.21. The normalized spacial score (nSPS) is 13.7. The number of aliphatic imine (C=N–C) groups is 1. The van der Waals surface area contributed by atoms with E-state index in [2.05, 4.69) is 20.5 Å². The van der Waals surface area contributed by atoms with Crippen LogP contribution in [-0.4, -0.2) is 72.5 Å². The Hall–Kier alpha value is -1.64. The number of benzene rings is 1. The Bertz CT molecular complexity index is 718. The van der Waals surface area contributed by atoms with E-state index in [0.29, 0.717) is 30.6 Å². The number of guanidine groups is 1. The van der Waals surface area contributed by atoms with Crippen LogP contribution in [0.5, 0.6) is 0 Å². The number of ether oxygens (including phenoxy) is 1. The second-order valence-electron chi connectivity index (χ2n) is 6.85. The molecule has 154 valence electrons. The second-order valence-corrected chi connectivity index (χ2v) is 8.83. The molecule has 1 aromatic carbocycles. The third kappa shape index (κ3) is 8.73. The molecular weight excluding hydrogens is 364 g/mol. The molecule has 0 aliphatic heterocycles. The van der Waals surface area contributed by atoms with Crippen LogP contribution in [0.2, 0.25) is 0 Å². The van der Waals surface area contributed by atoms with Crippen molar-refractivity contribution in [1.82, 2.24) is 15.5 Å². The third-order valence-corrected chi connectivity index (χ3v) is 5.38. The first-order valence-electron chi connectivity index (χ1n) is 9.17. The maximum atomic E-state index is 11.7. The first kappa shape index (κ1) is 23.4. The topological polar surface area (TPSA) is 83.0 Å². The molecule has 0 bridgehead atoms. The van der Waals surface area contributed by atoms with Gasteiger partial charge in [0, 0.05) is 39.5 Å². The van der Waals surface area contributed by atoms with Gasteiger partial charge in [-0.2, -0.15) is 0 Å².